The van der Waals surface area contributed by atoms with Crippen LogP contribution in [0.5, 0.6) is 0 Å². The van der Waals surface area contributed by atoms with Gasteiger partial charge < -0.3 is 10.1 Å². The predicted molar refractivity (Wildman–Crippen MR) is 84.0 cm³/mol. The van der Waals surface area contributed by atoms with Crippen LogP contribution in [0.2, 0.25) is 0 Å². The van der Waals surface area contributed by atoms with Gasteiger partial charge in [-0.2, -0.15) is 0 Å². The molecule has 108 valence electrons. The smallest absolute Gasteiger partial charge is 0.207 e. The zero-order chi connectivity index (χ0) is 14.7. The van der Waals surface area contributed by atoms with Gasteiger partial charge in [-0.1, -0.05) is 12.1 Å². The van der Waals surface area contributed by atoms with E-state index in [1.165, 1.54) is 0 Å². The summed E-state index contributed by atoms with van der Waals surface area (Å²) in [6.45, 7) is 3.36. The monoisotopic (exact) mass is 282 g/mol. The minimum Gasteiger partial charge on any atom is -0.383 e. The van der Waals surface area contributed by atoms with Crippen molar-refractivity contribution in [3.63, 3.8) is 0 Å². The number of nitrogens with one attached hydrogen (secondary N) is 1. The standard InChI is InChI=1S/C16H18N4O/c1-12-11-20(16(19-12)18-8-9-21-2)15-5-3-4-13-10-17-7-6-14(13)15/h3-7,10-11H,8-9H2,1-2H3,(H,18,19). The summed E-state index contributed by atoms with van der Waals surface area (Å²) in [4.78, 5) is 8.73. The largest absolute Gasteiger partial charge is 0.383 e. The van der Waals surface area contributed by atoms with Crippen LogP contribution in [0.3, 0.4) is 0 Å². The molecule has 0 spiro atoms. The lowest BCUT2D eigenvalue weighted by Gasteiger charge is -2.11. The van der Waals surface area contributed by atoms with Gasteiger partial charge in [0.15, 0.2) is 0 Å². The number of ether oxygens (including phenoxy) is 1. The zero-order valence-corrected chi connectivity index (χ0v) is 12.2. The number of pyridine rings is 1. The lowest BCUT2D eigenvalue weighted by molar-refractivity contribution is 0.210. The maximum atomic E-state index is 5.08. The maximum absolute atomic E-state index is 5.08. The first-order chi connectivity index (χ1) is 10.3. The lowest BCUT2D eigenvalue weighted by atomic mass is 10.1. The van der Waals surface area contributed by atoms with Crippen molar-refractivity contribution < 1.29 is 4.74 Å². The van der Waals surface area contributed by atoms with Crippen molar-refractivity contribution in [2.24, 2.45) is 0 Å². The molecule has 0 radical (unpaired) electrons. The van der Waals surface area contributed by atoms with Crippen LogP contribution in [-0.2, 0) is 4.74 Å². The third-order valence-corrected chi connectivity index (χ3v) is 3.33. The van der Waals surface area contributed by atoms with Gasteiger partial charge in [0, 0.05) is 43.0 Å². The van der Waals surface area contributed by atoms with Crippen LogP contribution >= 0.6 is 0 Å². The second-order valence-electron chi connectivity index (χ2n) is 4.87. The summed E-state index contributed by atoms with van der Waals surface area (Å²) in [5.41, 5.74) is 2.07. The molecule has 0 fully saturated rings. The minimum absolute atomic E-state index is 0.644. The van der Waals surface area contributed by atoms with E-state index in [0.717, 1.165) is 34.6 Å². The van der Waals surface area contributed by atoms with E-state index in [-0.39, 0.29) is 0 Å². The number of imidazole rings is 1. The Morgan fingerprint density at radius 3 is 3.05 bits per heavy atom. The first-order valence-corrected chi connectivity index (χ1v) is 6.91. The molecule has 1 N–H and O–H groups in total. The van der Waals surface area contributed by atoms with Crippen molar-refractivity contribution in [2.45, 2.75) is 6.92 Å². The van der Waals surface area contributed by atoms with Gasteiger partial charge in [-0.3, -0.25) is 9.55 Å². The number of nitrogens with zero attached hydrogens (tertiary/aromatic N) is 3. The van der Waals surface area contributed by atoms with Gasteiger partial charge in [0.1, 0.15) is 0 Å². The molecule has 0 saturated carbocycles. The number of anilines is 1. The van der Waals surface area contributed by atoms with Gasteiger partial charge in [-0.25, -0.2) is 4.98 Å². The van der Waals surface area contributed by atoms with Crippen molar-refractivity contribution in [3.8, 4) is 5.69 Å². The Balaban J connectivity index is 2.06. The maximum Gasteiger partial charge on any atom is 0.207 e. The third-order valence-electron chi connectivity index (χ3n) is 3.33. The molecule has 0 aliphatic heterocycles. The normalized spacial score (nSPS) is 11.0. The quantitative estimate of drug-likeness (QED) is 0.731. The third kappa shape index (κ3) is 2.73. The Kier molecular flexibility index (Phi) is 3.83. The Labute approximate surface area is 123 Å². The molecule has 2 heterocycles. The Hall–Kier alpha value is -2.40. The highest BCUT2D eigenvalue weighted by Crippen LogP contribution is 2.24. The summed E-state index contributed by atoms with van der Waals surface area (Å²) in [7, 11) is 1.69. The molecule has 3 aromatic rings. The second kappa shape index (κ2) is 5.93. The average molecular weight is 282 g/mol. The topological polar surface area (TPSA) is 52.0 Å². The van der Waals surface area contributed by atoms with Crippen LogP contribution in [0.4, 0.5) is 5.95 Å². The molecule has 1 aromatic carbocycles. The van der Waals surface area contributed by atoms with Crippen LogP contribution in [0.1, 0.15) is 5.69 Å². The van der Waals surface area contributed by atoms with Crippen molar-refractivity contribution in [1.29, 1.82) is 0 Å². The van der Waals surface area contributed by atoms with Crippen LogP contribution in [0, 0.1) is 6.92 Å². The second-order valence-corrected chi connectivity index (χ2v) is 4.87. The van der Waals surface area contributed by atoms with Crippen molar-refractivity contribution in [3.05, 3.63) is 48.5 Å². The Morgan fingerprint density at radius 1 is 1.29 bits per heavy atom. The van der Waals surface area contributed by atoms with Crippen LogP contribution in [0.25, 0.3) is 16.5 Å². The number of aromatic nitrogens is 3. The number of benzene rings is 1. The molecule has 0 aliphatic rings. The summed E-state index contributed by atoms with van der Waals surface area (Å²) in [5.74, 6) is 0.828. The minimum atomic E-state index is 0.644. The number of hydrogen-bond acceptors (Lipinski definition) is 4. The molecule has 3 rings (SSSR count). The molecule has 0 aliphatic carbocycles. The molecular formula is C16H18N4O. The van der Waals surface area contributed by atoms with E-state index in [1.54, 1.807) is 7.11 Å². The average Bonchev–Trinajstić information content (AvgIpc) is 2.88. The number of hydrogen-bond donors (Lipinski definition) is 1. The van der Waals surface area contributed by atoms with E-state index in [4.69, 9.17) is 4.74 Å². The van der Waals surface area contributed by atoms with E-state index in [1.807, 2.05) is 37.6 Å². The van der Waals surface area contributed by atoms with Crippen molar-refractivity contribution in [2.75, 3.05) is 25.6 Å². The van der Waals surface area contributed by atoms with Gasteiger partial charge in [-0.05, 0) is 19.1 Å². The van der Waals surface area contributed by atoms with Gasteiger partial charge in [0.05, 0.1) is 18.0 Å². The molecular weight excluding hydrogens is 264 g/mol. The molecule has 0 bridgehead atoms. The Morgan fingerprint density at radius 2 is 2.19 bits per heavy atom. The van der Waals surface area contributed by atoms with E-state index in [9.17, 15) is 0 Å². The summed E-state index contributed by atoms with van der Waals surface area (Å²) in [6, 6.07) is 8.21. The summed E-state index contributed by atoms with van der Waals surface area (Å²) < 4.78 is 7.16. The van der Waals surface area contributed by atoms with Crippen LogP contribution in [-0.4, -0.2) is 34.8 Å². The van der Waals surface area contributed by atoms with Gasteiger partial charge in [0.25, 0.3) is 0 Å². The Bertz CT molecular complexity index is 746. The van der Waals surface area contributed by atoms with Crippen molar-refractivity contribution in [1.82, 2.24) is 14.5 Å². The summed E-state index contributed by atoms with van der Waals surface area (Å²) >= 11 is 0. The van der Waals surface area contributed by atoms with E-state index in [0.29, 0.717) is 6.61 Å². The number of methoxy groups -OCH3 is 1. The van der Waals surface area contributed by atoms with Crippen molar-refractivity contribution >= 4 is 16.7 Å². The molecule has 0 unspecified atom stereocenters. The molecule has 2 aromatic heterocycles. The van der Waals surface area contributed by atoms with E-state index >= 15 is 0 Å². The fraction of sp³-hybridized carbons (Fsp3) is 0.250. The fourth-order valence-corrected chi connectivity index (χ4v) is 2.39. The number of fused-ring (bicyclic) bond motifs is 1. The lowest BCUT2D eigenvalue weighted by Crippen LogP contribution is -2.11. The highest BCUT2D eigenvalue weighted by molar-refractivity contribution is 5.89. The highest BCUT2D eigenvalue weighted by Gasteiger charge is 2.09. The molecule has 0 saturated heterocycles. The fourth-order valence-electron chi connectivity index (χ4n) is 2.39. The first kappa shape index (κ1) is 13.6. The SMILES string of the molecule is COCCNc1nc(C)cn1-c1cccc2cnccc12. The van der Waals surface area contributed by atoms with Gasteiger partial charge in [0.2, 0.25) is 5.95 Å². The number of rotatable bonds is 5. The first-order valence-electron chi connectivity index (χ1n) is 6.91. The molecule has 21 heavy (non-hydrogen) atoms. The van der Waals surface area contributed by atoms with Crippen LogP contribution in [0.15, 0.2) is 42.9 Å². The van der Waals surface area contributed by atoms with E-state index < -0.39 is 0 Å². The molecule has 0 atom stereocenters. The molecule has 5 heteroatoms. The van der Waals surface area contributed by atoms with Gasteiger partial charge in [-0.15, -0.1) is 0 Å². The highest BCUT2D eigenvalue weighted by atomic mass is 16.5. The number of aryl methyl sites for hydroxylation is 1. The van der Waals surface area contributed by atoms with Gasteiger partial charge >= 0.3 is 0 Å². The summed E-state index contributed by atoms with van der Waals surface area (Å²) in [6.07, 6.45) is 5.72. The predicted octanol–water partition coefficient (Wildman–Crippen LogP) is 2.79. The zero-order valence-electron chi connectivity index (χ0n) is 12.2. The molecule has 5 nitrogen and oxygen atoms in total. The van der Waals surface area contributed by atoms with Crippen LogP contribution < -0.4 is 5.32 Å². The summed E-state index contributed by atoms with van der Waals surface area (Å²) in [5, 5.41) is 5.58. The van der Waals surface area contributed by atoms with E-state index in [2.05, 4.69) is 32.0 Å². The molecule has 0 amide bonds.